The number of benzene rings is 1. The van der Waals surface area contributed by atoms with Gasteiger partial charge in [0.15, 0.2) is 17.3 Å². The molecule has 0 radical (unpaired) electrons. The molecule has 0 unspecified atom stereocenters. The molecule has 0 saturated carbocycles. The van der Waals surface area contributed by atoms with E-state index >= 15 is 0 Å². The van der Waals surface area contributed by atoms with Crippen molar-refractivity contribution >= 4 is 0 Å². The van der Waals surface area contributed by atoms with Gasteiger partial charge < -0.3 is 9.47 Å². The van der Waals surface area contributed by atoms with Crippen LogP contribution in [0.15, 0.2) is 0 Å². The van der Waals surface area contributed by atoms with Crippen LogP contribution in [0.25, 0.3) is 0 Å². The minimum absolute atomic E-state index is 0.673. The second kappa shape index (κ2) is 4.09. The van der Waals surface area contributed by atoms with Crippen molar-refractivity contribution in [3.05, 3.63) is 23.0 Å². The maximum absolute atomic E-state index is 13.4. The summed E-state index contributed by atoms with van der Waals surface area (Å²) in [6.07, 6.45) is 0. The van der Waals surface area contributed by atoms with Gasteiger partial charge >= 0.3 is 0 Å². The summed E-state index contributed by atoms with van der Waals surface area (Å²) in [7, 11) is 2.02. The highest BCUT2D eigenvalue weighted by Crippen LogP contribution is 2.35. The van der Waals surface area contributed by atoms with Gasteiger partial charge in [0.2, 0.25) is 11.6 Å². The molecule has 3 nitrogen and oxygen atoms in total. The average molecular weight is 217 g/mol. The molecule has 80 valence electrons. The van der Waals surface area contributed by atoms with Gasteiger partial charge in [0.1, 0.15) is 11.6 Å². The molecular weight excluding hydrogens is 211 g/mol. The van der Waals surface area contributed by atoms with E-state index in [1.165, 1.54) is 6.07 Å². The monoisotopic (exact) mass is 217 g/mol. The smallest absolute Gasteiger partial charge is 0.211 e. The molecule has 0 aliphatic heterocycles. The fourth-order valence-corrected chi connectivity index (χ4v) is 1.09. The van der Waals surface area contributed by atoms with Crippen LogP contribution in [0.4, 0.5) is 13.2 Å². The Morgan fingerprint density at radius 3 is 1.87 bits per heavy atom. The topological polar surface area (TPSA) is 42.2 Å². The van der Waals surface area contributed by atoms with Crippen molar-refractivity contribution < 1.29 is 22.6 Å². The van der Waals surface area contributed by atoms with Crippen LogP contribution < -0.4 is 9.47 Å². The van der Waals surface area contributed by atoms with Gasteiger partial charge in [-0.2, -0.15) is 14.0 Å². The Labute approximate surface area is 83.6 Å². The van der Waals surface area contributed by atoms with Gasteiger partial charge in [0.25, 0.3) is 0 Å². The van der Waals surface area contributed by atoms with Gasteiger partial charge in [-0.15, -0.1) is 0 Å². The lowest BCUT2D eigenvalue weighted by molar-refractivity contribution is 0.320. The van der Waals surface area contributed by atoms with Gasteiger partial charge in [0, 0.05) is 0 Å². The van der Waals surface area contributed by atoms with Crippen LogP contribution >= 0.6 is 0 Å². The first-order chi connectivity index (χ1) is 7.08. The van der Waals surface area contributed by atoms with Crippen molar-refractivity contribution in [2.45, 2.75) is 0 Å². The van der Waals surface area contributed by atoms with E-state index in [-0.39, 0.29) is 0 Å². The summed E-state index contributed by atoms with van der Waals surface area (Å²) in [6.45, 7) is 0. The molecular formula is C9H6F3NO2. The third kappa shape index (κ3) is 1.56. The van der Waals surface area contributed by atoms with Crippen LogP contribution in [0.5, 0.6) is 11.5 Å². The molecule has 0 aliphatic rings. The average Bonchev–Trinajstić information content (AvgIpc) is 2.23. The third-order valence-electron chi connectivity index (χ3n) is 1.76. The number of nitrogens with zero attached hydrogens (tertiary/aromatic N) is 1. The normalized spacial score (nSPS) is 9.60. The summed E-state index contributed by atoms with van der Waals surface area (Å²) in [6, 6.07) is 1.31. The number of halogens is 3. The minimum atomic E-state index is -1.55. The predicted molar refractivity (Wildman–Crippen MR) is 44.1 cm³/mol. The molecule has 6 heteroatoms. The van der Waals surface area contributed by atoms with Crippen molar-refractivity contribution in [3.8, 4) is 17.6 Å². The van der Waals surface area contributed by atoms with Crippen LogP contribution in [0.2, 0.25) is 0 Å². The standard InChI is InChI=1S/C9H6F3NO2/c1-14-8-4(3-13)5(10)6(11)9(15-2)7(8)12/h1-2H3. The van der Waals surface area contributed by atoms with E-state index in [1.807, 2.05) is 0 Å². The van der Waals surface area contributed by atoms with Crippen molar-refractivity contribution in [2.75, 3.05) is 14.2 Å². The predicted octanol–water partition coefficient (Wildman–Crippen LogP) is 1.99. The largest absolute Gasteiger partial charge is 0.492 e. The van der Waals surface area contributed by atoms with E-state index in [0.29, 0.717) is 0 Å². The second-order valence-corrected chi connectivity index (χ2v) is 2.50. The number of nitriles is 1. The Kier molecular flexibility index (Phi) is 3.04. The molecule has 0 heterocycles. The molecule has 15 heavy (non-hydrogen) atoms. The maximum Gasteiger partial charge on any atom is 0.211 e. The first-order valence-electron chi connectivity index (χ1n) is 3.77. The van der Waals surface area contributed by atoms with Crippen molar-refractivity contribution in [3.63, 3.8) is 0 Å². The lowest BCUT2D eigenvalue weighted by Gasteiger charge is -2.10. The zero-order valence-electron chi connectivity index (χ0n) is 7.90. The summed E-state index contributed by atoms with van der Waals surface area (Å²) in [4.78, 5) is 0. The molecule has 0 aliphatic carbocycles. The molecule has 0 bridgehead atoms. The summed E-state index contributed by atoms with van der Waals surface area (Å²) in [5.41, 5.74) is -0.826. The molecule has 1 rings (SSSR count). The zero-order chi connectivity index (χ0) is 11.6. The Balaban J connectivity index is 3.67. The summed E-state index contributed by atoms with van der Waals surface area (Å²) in [5, 5.41) is 8.50. The van der Waals surface area contributed by atoms with Crippen LogP contribution in [0, 0.1) is 28.8 Å². The van der Waals surface area contributed by atoms with Gasteiger partial charge in [0.05, 0.1) is 14.2 Å². The molecule has 0 saturated heterocycles. The summed E-state index contributed by atoms with van der Waals surface area (Å²) >= 11 is 0. The lowest BCUT2D eigenvalue weighted by atomic mass is 10.1. The van der Waals surface area contributed by atoms with Crippen LogP contribution in [-0.2, 0) is 0 Å². The first-order valence-corrected chi connectivity index (χ1v) is 3.77. The van der Waals surface area contributed by atoms with Gasteiger partial charge in [-0.25, -0.2) is 4.39 Å². The Hall–Kier alpha value is -1.90. The number of hydrogen-bond donors (Lipinski definition) is 0. The second-order valence-electron chi connectivity index (χ2n) is 2.50. The van der Waals surface area contributed by atoms with E-state index < -0.39 is 34.5 Å². The van der Waals surface area contributed by atoms with Crippen molar-refractivity contribution in [1.29, 1.82) is 5.26 Å². The molecule has 0 aromatic heterocycles. The maximum atomic E-state index is 13.4. The van der Waals surface area contributed by atoms with E-state index in [0.717, 1.165) is 14.2 Å². The highest BCUT2D eigenvalue weighted by Gasteiger charge is 2.26. The van der Waals surface area contributed by atoms with Gasteiger partial charge in [-0.1, -0.05) is 0 Å². The van der Waals surface area contributed by atoms with Gasteiger partial charge in [-0.3, -0.25) is 0 Å². The molecule has 1 aromatic carbocycles. The molecule has 0 fully saturated rings. The van der Waals surface area contributed by atoms with Crippen LogP contribution in [0.1, 0.15) is 5.56 Å². The number of hydrogen-bond acceptors (Lipinski definition) is 3. The number of methoxy groups -OCH3 is 2. The third-order valence-corrected chi connectivity index (χ3v) is 1.76. The van der Waals surface area contributed by atoms with E-state index in [2.05, 4.69) is 9.47 Å². The zero-order valence-corrected chi connectivity index (χ0v) is 7.90. The SMILES string of the molecule is COc1c(F)c(F)c(C#N)c(OC)c1F. The van der Waals surface area contributed by atoms with Crippen molar-refractivity contribution in [2.24, 2.45) is 0 Å². The number of rotatable bonds is 2. The quantitative estimate of drug-likeness (QED) is 0.711. The Morgan fingerprint density at radius 2 is 1.47 bits per heavy atom. The van der Waals surface area contributed by atoms with Crippen LogP contribution in [0.3, 0.4) is 0 Å². The van der Waals surface area contributed by atoms with E-state index in [1.54, 1.807) is 0 Å². The fraction of sp³-hybridized carbons (Fsp3) is 0.222. The van der Waals surface area contributed by atoms with Gasteiger partial charge in [-0.05, 0) is 0 Å². The van der Waals surface area contributed by atoms with E-state index in [4.69, 9.17) is 5.26 Å². The lowest BCUT2D eigenvalue weighted by Crippen LogP contribution is -2.03. The molecule has 0 atom stereocenters. The Bertz CT molecular complexity index is 436. The van der Waals surface area contributed by atoms with Crippen molar-refractivity contribution in [1.82, 2.24) is 0 Å². The van der Waals surface area contributed by atoms with E-state index in [9.17, 15) is 13.2 Å². The Morgan fingerprint density at radius 1 is 0.933 bits per heavy atom. The fourth-order valence-electron chi connectivity index (χ4n) is 1.09. The molecule has 1 aromatic rings. The van der Waals surface area contributed by atoms with Crippen LogP contribution in [-0.4, -0.2) is 14.2 Å². The molecule has 0 N–H and O–H groups in total. The highest BCUT2D eigenvalue weighted by atomic mass is 19.2. The first kappa shape index (κ1) is 11.2. The number of ether oxygens (including phenoxy) is 2. The molecule has 0 spiro atoms. The summed E-state index contributed by atoms with van der Waals surface area (Å²) in [5.74, 6) is -5.87. The summed E-state index contributed by atoms with van der Waals surface area (Å²) < 4.78 is 48.4. The minimum Gasteiger partial charge on any atom is -0.492 e. The molecule has 0 amide bonds. The highest BCUT2D eigenvalue weighted by molar-refractivity contribution is 5.50.